The minimum atomic E-state index is -1.02. The molecule has 6 nitrogen and oxygen atoms in total. The smallest absolute Gasteiger partial charge is 0.326 e. The maximum absolute atomic E-state index is 11.7. The van der Waals surface area contributed by atoms with Crippen LogP contribution in [-0.4, -0.2) is 52.9 Å². The molecule has 3 N–H and O–H groups in total. The van der Waals surface area contributed by atoms with Crippen molar-refractivity contribution in [1.82, 2.24) is 10.2 Å². The fourth-order valence-electron chi connectivity index (χ4n) is 1.74. The summed E-state index contributed by atoms with van der Waals surface area (Å²) in [7, 11) is 0. The van der Waals surface area contributed by atoms with Crippen molar-refractivity contribution in [3.8, 4) is 0 Å². The van der Waals surface area contributed by atoms with Crippen molar-refractivity contribution >= 4 is 12.0 Å². The van der Waals surface area contributed by atoms with Crippen molar-refractivity contribution in [1.29, 1.82) is 0 Å². The lowest BCUT2D eigenvalue weighted by molar-refractivity contribution is -0.139. The maximum atomic E-state index is 11.7. The first kappa shape index (κ1) is 12.8. The van der Waals surface area contributed by atoms with E-state index >= 15 is 0 Å². The van der Waals surface area contributed by atoms with E-state index in [0.29, 0.717) is 19.5 Å². The largest absolute Gasteiger partial charge is 0.480 e. The molecule has 0 radical (unpaired) electrons. The van der Waals surface area contributed by atoms with Gasteiger partial charge in [-0.25, -0.2) is 9.59 Å². The summed E-state index contributed by atoms with van der Waals surface area (Å²) in [5, 5.41) is 20.2. The summed E-state index contributed by atoms with van der Waals surface area (Å²) in [6.45, 7) is 2.85. The van der Waals surface area contributed by atoms with Crippen molar-refractivity contribution in [3.63, 3.8) is 0 Å². The monoisotopic (exact) mass is 230 g/mol. The zero-order chi connectivity index (χ0) is 12.1. The quantitative estimate of drug-likeness (QED) is 0.627. The highest BCUT2D eigenvalue weighted by atomic mass is 16.4. The Morgan fingerprint density at radius 2 is 2.25 bits per heavy atom. The van der Waals surface area contributed by atoms with Gasteiger partial charge in [0, 0.05) is 25.6 Å². The third-order valence-electron chi connectivity index (χ3n) is 2.84. The summed E-state index contributed by atoms with van der Waals surface area (Å²) < 4.78 is 0. The van der Waals surface area contributed by atoms with Gasteiger partial charge >= 0.3 is 12.0 Å². The Balaban J connectivity index is 2.43. The highest BCUT2D eigenvalue weighted by Crippen LogP contribution is 2.15. The second-order valence-corrected chi connectivity index (χ2v) is 4.03. The molecule has 0 bridgehead atoms. The predicted octanol–water partition coefficient (Wildman–Crippen LogP) is -0.127. The zero-order valence-electron chi connectivity index (χ0n) is 9.35. The average Bonchev–Trinajstić information content (AvgIpc) is 2.73. The Kier molecular flexibility index (Phi) is 4.54. The number of rotatable bonds is 4. The van der Waals surface area contributed by atoms with Gasteiger partial charge in [-0.05, 0) is 12.8 Å². The Bertz CT molecular complexity index is 270. The molecule has 92 valence electrons. The van der Waals surface area contributed by atoms with Crippen molar-refractivity contribution < 1.29 is 19.8 Å². The first-order chi connectivity index (χ1) is 7.58. The molecular formula is C10H18N2O4. The lowest BCUT2D eigenvalue weighted by atomic mass is 10.1. The zero-order valence-corrected chi connectivity index (χ0v) is 9.35. The van der Waals surface area contributed by atoms with E-state index in [9.17, 15) is 9.59 Å². The second kappa shape index (κ2) is 5.69. The van der Waals surface area contributed by atoms with Gasteiger partial charge in [0.05, 0.1) is 0 Å². The number of carboxylic acid groups (broad SMARTS) is 1. The van der Waals surface area contributed by atoms with Gasteiger partial charge in [-0.3, -0.25) is 0 Å². The average molecular weight is 230 g/mol. The molecule has 0 spiro atoms. The van der Waals surface area contributed by atoms with E-state index in [4.69, 9.17) is 10.2 Å². The van der Waals surface area contributed by atoms with Crippen LogP contribution >= 0.6 is 0 Å². The van der Waals surface area contributed by atoms with E-state index in [-0.39, 0.29) is 18.6 Å². The number of aliphatic carboxylic acids is 1. The van der Waals surface area contributed by atoms with Gasteiger partial charge in [-0.15, -0.1) is 0 Å². The van der Waals surface area contributed by atoms with Crippen LogP contribution in [0.25, 0.3) is 0 Å². The van der Waals surface area contributed by atoms with Crippen molar-refractivity contribution in [2.75, 3.05) is 19.7 Å². The molecule has 1 aliphatic rings. The molecule has 0 aromatic carbocycles. The van der Waals surface area contributed by atoms with E-state index in [1.165, 1.54) is 0 Å². The first-order valence-electron chi connectivity index (χ1n) is 5.47. The number of carbonyl (C=O) groups excluding carboxylic acids is 1. The molecule has 2 amide bonds. The molecule has 1 fully saturated rings. The summed E-state index contributed by atoms with van der Waals surface area (Å²) >= 11 is 0. The number of likely N-dealkylation sites (tertiary alicyclic amines) is 1. The highest BCUT2D eigenvalue weighted by Gasteiger charge is 2.28. The van der Waals surface area contributed by atoms with Crippen molar-refractivity contribution in [3.05, 3.63) is 0 Å². The Labute approximate surface area is 94.2 Å². The number of nitrogens with zero attached hydrogens (tertiary/aromatic N) is 1. The fourth-order valence-corrected chi connectivity index (χ4v) is 1.74. The van der Waals surface area contributed by atoms with Gasteiger partial charge in [0.25, 0.3) is 0 Å². The molecule has 0 saturated carbocycles. The molecule has 0 aromatic rings. The van der Waals surface area contributed by atoms with Crippen LogP contribution in [0.4, 0.5) is 4.79 Å². The Hall–Kier alpha value is -1.30. The number of amides is 2. The maximum Gasteiger partial charge on any atom is 0.326 e. The number of urea groups is 1. The standard InChI is InChI=1S/C10H18N2O4/c1-2-8(9(14)15)11-10(16)12-4-3-7(5-12)6-13/h7-8,13H,2-6H2,1H3,(H,11,16)(H,14,15)/t7?,8-/m1/s1. The number of hydrogen-bond acceptors (Lipinski definition) is 3. The van der Waals surface area contributed by atoms with Crippen LogP contribution < -0.4 is 5.32 Å². The number of carboxylic acids is 1. The lowest BCUT2D eigenvalue weighted by Crippen LogP contribution is -2.47. The molecule has 0 aromatic heterocycles. The normalized spacial score (nSPS) is 21.9. The lowest BCUT2D eigenvalue weighted by Gasteiger charge is -2.20. The SMILES string of the molecule is CC[C@@H](NC(=O)N1CCC(CO)C1)C(=O)O. The molecular weight excluding hydrogens is 212 g/mol. The number of carbonyl (C=O) groups is 2. The third kappa shape index (κ3) is 3.10. The molecule has 1 unspecified atom stereocenters. The van der Waals surface area contributed by atoms with Gasteiger partial charge in [-0.1, -0.05) is 6.92 Å². The van der Waals surface area contributed by atoms with E-state index in [2.05, 4.69) is 5.32 Å². The minimum Gasteiger partial charge on any atom is -0.480 e. The topological polar surface area (TPSA) is 89.9 Å². The number of aliphatic hydroxyl groups is 1. The minimum absolute atomic E-state index is 0.0694. The van der Waals surface area contributed by atoms with E-state index in [1.807, 2.05) is 0 Å². The molecule has 1 rings (SSSR count). The van der Waals surface area contributed by atoms with Crippen LogP contribution in [0.1, 0.15) is 19.8 Å². The molecule has 2 atom stereocenters. The van der Waals surface area contributed by atoms with Gasteiger partial charge in [0.1, 0.15) is 6.04 Å². The Morgan fingerprint density at radius 1 is 1.56 bits per heavy atom. The predicted molar refractivity (Wildman–Crippen MR) is 57.0 cm³/mol. The van der Waals surface area contributed by atoms with E-state index < -0.39 is 12.0 Å². The van der Waals surface area contributed by atoms with Crippen LogP contribution in [-0.2, 0) is 4.79 Å². The summed E-state index contributed by atoms with van der Waals surface area (Å²) in [5.74, 6) is -0.899. The molecule has 16 heavy (non-hydrogen) atoms. The Morgan fingerprint density at radius 3 is 2.69 bits per heavy atom. The van der Waals surface area contributed by atoms with E-state index in [1.54, 1.807) is 11.8 Å². The third-order valence-corrected chi connectivity index (χ3v) is 2.84. The summed E-state index contributed by atoms with van der Waals surface area (Å²) in [5.41, 5.74) is 0. The van der Waals surface area contributed by atoms with Crippen molar-refractivity contribution in [2.24, 2.45) is 5.92 Å². The second-order valence-electron chi connectivity index (χ2n) is 4.03. The van der Waals surface area contributed by atoms with Crippen LogP contribution in [0, 0.1) is 5.92 Å². The molecule has 6 heteroatoms. The number of aliphatic hydroxyl groups excluding tert-OH is 1. The molecule has 1 aliphatic heterocycles. The van der Waals surface area contributed by atoms with Gasteiger partial charge in [0.2, 0.25) is 0 Å². The van der Waals surface area contributed by atoms with Crippen LogP contribution in [0.15, 0.2) is 0 Å². The van der Waals surface area contributed by atoms with Crippen LogP contribution in [0.5, 0.6) is 0 Å². The van der Waals surface area contributed by atoms with Crippen LogP contribution in [0.3, 0.4) is 0 Å². The van der Waals surface area contributed by atoms with Crippen LogP contribution in [0.2, 0.25) is 0 Å². The molecule has 1 saturated heterocycles. The van der Waals surface area contributed by atoms with Gasteiger partial charge in [-0.2, -0.15) is 0 Å². The molecule has 0 aliphatic carbocycles. The van der Waals surface area contributed by atoms with Crippen molar-refractivity contribution in [2.45, 2.75) is 25.8 Å². The number of nitrogens with one attached hydrogen (secondary N) is 1. The highest BCUT2D eigenvalue weighted by molar-refractivity contribution is 5.82. The molecule has 1 heterocycles. The van der Waals surface area contributed by atoms with E-state index in [0.717, 1.165) is 6.42 Å². The summed E-state index contributed by atoms with van der Waals surface area (Å²) in [6, 6.07) is -1.19. The van der Waals surface area contributed by atoms with Gasteiger partial charge < -0.3 is 20.4 Å². The summed E-state index contributed by atoms with van der Waals surface area (Å²) in [6.07, 6.45) is 1.13. The van der Waals surface area contributed by atoms with Gasteiger partial charge in [0.15, 0.2) is 0 Å². The summed E-state index contributed by atoms with van der Waals surface area (Å²) in [4.78, 5) is 23.9. The number of hydrogen-bond donors (Lipinski definition) is 3. The fraction of sp³-hybridized carbons (Fsp3) is 0.800. The first-order valence-corrected chi connectivity index (χ1v) is 5.47.